The van der Waals surface area contributed by atoms with E-state index >= 15 is 0 Å². The first kappa shape index (κ1) is 14.9. The van der Waals surface area contributed by atoms with Crippen LogP contribution in [0.5, 0.6) is 0 Å². The van der Waals surface area contributed by atoms with Crippen LogP contribution in [0.2, 0.25) is 0 Å². The highest BCUT2D eigenvalue weighted by atomic mass is 19.3. The Morgan fingerprint density at radius 3 is 2.75 bits per heavy atom. The number of piperidine rings is 1. The zero-order chi connectivity index (χ0) is 14.5. The van der Waals surface area contributed by atoms with Crippen molar-refractivity contribution in [2.75, 3.05) is 13.1 Å². The maximum Gasteiger partial charge on any atom is 0.319 e. The van der Waals surface area contributed by atoms with Crippen molar-refractivity contribution in [3.05, 3.63) is 18.2 Å². The third-order valence-corrected chi connectivity index (χ3v) is 3.56. The Hall–Kier alpha value is -1.50. The lowest BCUT2D eigenvalue weighted by molar-refractivity contribution is -0.133. The lowest BCUT2D eigenvalue weighted by Crippen LogP contribution is -2.46. The zero-order valence-electron chi connectivity index (χ0n) is 11.6. The number of alkyl halides is 2. The fraction of sp³-hybridized carbons (Fsp3) is 0.692. The number of hydrogen-bond acceptors (Lipinski definition) is 3. The fourth-order valence-corrected chi connectivity index (χ4v) is 2.38. The molecule has 1 aliphatic rings. The maximum atomic E-state index is 12.7. The number of carbonyl (C=O) groups is 1. The molecule has 112 valence electrons. The van der Waals surface area contributed by atoms with Crippen molar-refractivity contribution in [2.24, 2.45) is 0 Å². The molecule has 1 aromatic heterocycles. The first-order valence-corrected chi connectivity index (χ1v) is 6.91. The molecule has 2 heterocycles. The molecule has 0 saturated carbocycles. The van der Waals surface area contributed by atoms with Crippen molar-refractivity contribution in [3.63, 3.8) is 0 Å². The molecule has 1 atom stereocenters. The number of amides is 1. The second-order valence-corrected chi connectivity index (χ2v) is 5.02. The van der Waals surface area contributed by atoms with Crippen LogP contribution in [0.25, 0.3) is 0 Å². The van der Waals surface area contributed by atoms with E-state index in [9.17, 15) is 13.6 Å². The predicted octanol–water partition coefficient (Wildman–Crippen LogP) is 1.77. The van der Waals surface area contributed by atoms with Crippen molar-refractivity contribution in [2.45, 2.75) is 45.3 Å². The molecule has 5 nitrogen and oxygen atoms in total. The van der Waals surface area contributed by atoms with Crippen LogP contribution in [-0.4, -0.2) is 39.5 Å². The van der Waals surface area contributed by atoms with E-state index in [0.29, 0.717) is 0 Å². The van der Waals surface area contributed by atoms with Gasteiger partial charge in [-0.25, -0.2) is 4.98 Å². The van der Waals surface area contributed by atoms with Crippen LogP contribution < -0.4 is 5.32 Å². The van der Waals surface area contributed by atoms with Gasteiger partial charge in [0.1, 0.15) is 5.82 Å². The number of rotatable bonds is 5. The third-order valence-electron chi connectivity index (χ3n) is 3.56. The largest absolute Gasteiger partial charge is 0.341 e. The quantitative estimate of drug-likeness (QED) is 0.897. The van der Waals surface area contributed by atoms with Crippen molar-refractivity contribution in [1.82, 2.24) is 19.8 Å². The number of imidazole rings is 1. The molecule has 1 unspecified atom stereocenters. The summed E-state index contributed by atoms with van der Waals surface area (Å²) in [5.41, 5.74) is 0. The number of aromatic nitrogens is 2. The van der Waals surface area contributed by atoms with Crippen molar-refractivity contribution in [1.29, 1.82) is 0 Å². The molecule has 2 rings (SSSR count). The van der Waals surface area contributed by atoms with E-state index in [0.717, 1.165) is 36.9 Å². The van der Waals surface area contributed by atoms with Gasteiger partial charge in [-0.15, -0.1) is 0 Å². The number of carbonyl (C=O) groups excluding carboxylic acids is 1. The topological polar surface area (TPSA) is 50.2 Å². The van der Waals surface area contributed by atoms with Gasteiger partial charge in [-0.2, -0.15) is 8.78 Å². The van der Waals surface area contributed by atoms with Crippen molar-refractivity contribution < 1.29 is 13.6 Å². The first-order chi connectivity index (χ1) is 9.59. The van der Waals surface area contributed by atoms with E-state index in [1.54, 1.807) is 6.92 Å². The van der Waals surface area contributed by atoms with Gasteiger partial charge in [-0.3, -0.25) is 14.7 Å². The Bertz CT molecular complexity index is 443. The summed E-state index contributed by atoms with van der Waals surface area (Å²) >= 11 is 0. The monoisotopic (exact) mass is 286 g/mol. The van der Waals surface area contributed by atoms with Crippen LogP contribution >= 0.6 is 0 Å². The number of likely N-dealkylation sites (tertiary alicyclic amines) is 1. The Labute approximate surface area is 117 Å². The molecule has 0 radical (unpaired) electrons. The number of hydrogen-bond donors (Lipinski definition) is 1. The SMILES string of the molecule is CC(NCc1nccn1C(F)F)C(=O)N1CCCCC1. The molecular formula is C13H20F2N4O. The summed E-state index contributed by atoms with van der Waals surface area (Å²) in [4.78, 5) is 17.9. The van der Waals surface area contributed by atoms with Crippen LogP contribution in [0.15, 0.2) is 12.4 Å². The fourth-order valence-electron chi connectivity index (χ4n) is 2.38. The standard InChI is InChI=1S/C13H20F2N4O/c1-10(12(20)18-6-3-2-4-7-18)17-9-11-16-5-8-19(11)13(14)15/h5,8,10,13,17H,2-4,6-7,9H2,1H3. The minimum Gasteiger partial charge on any atom is -0.341 e. The van der Waals surface area contributed by atoms with Gasteiger partial charge in [0.15, 0.2) is 0 Å². The maximum absolute atomic E-state index is 12.7. The van der Waals surface area contributed by atoms with E-state index < -0.39 is 12.6 Å². The summed E-state index contributed by atoms with van der Waals surface area (Å²) in [6, 6.07) is -0.393. The zero-order valence-corrected chi connectivity index (χ0v) is 11.6. The van der Waals surface area contributed by atoms with Crippen LogP contribution in [0.4, 0.5) is 8.78 Å². The molecule has 1 aliphatic heterocycles. The predicted molar refractivity (Wildman–Crippen MR) is 70.2 cm³/mol. The molecule has 20 heavy (non-hydrogen) atoms. The number of halogens is 2. The summed E-state index contributed by atoms with van der Waals surface area (Å²) in [6.07, 6.45) is 5.80. The van der Waals surface area contributed by atoms with Gasteiger partial charge in [-0.05, 0) is 26.2 Å². The van der Waals surface area contributed by atoms with Crippen molar-refractivity contribution in [3.8, 4) is 0 Å². The van der Waals surface area contributed by atoms with Gasteiger partial charge >= 0.3 is 6.55 Å². The lowest BCUT2D eigenvalue weighted by Gasteiger charge is -2.29. The normalized spacial score (nSPS) is 17.5. The number of nitrogens with one attached hydrogen (secondary N) is 1. The molecule has 0 spiro atoms. The number of nitrogens with zero attached hydrogens (tertiary/aromatic N) is 3. The molecule has 1 amide bonds. The van der Waals surface area contributed by atoms with Gasteiger partial charge in [0, 0.05) is 25.5 Å². The van der Waals surface area contributed by atoms with Crippen molar-refractivity contribution >= 4 is 5.91 Å². The van der Waals surface area contributed by atoms with E-state index in [1.807, 2.05) is 4.90 Å². The highest BCUT2D eigenvalue weighted by Crippen LogP contribution is 2.13. The summed E-state index contributed by atoms with van der Waals surface area (Å²) < 4.78 is 26.1. The second kappa shape index (κ2) is 6.78. The molecule has 0 aromatic carbocycles. The van der Waals surface area contributed by atoms with Crippen LogP contribution in [0, 0.1) is 0 Å². The Morgan fingerprint density at radius 1 is 1.40 bits per heavy atom. The molecule has 1 N–H and O–H groups in total. The highest BCUT2D eigenvalue weighted by molar-refractivity contribution is 5.81. The molecule has 7 heteroatoms. The Balaban J connectivity index is 1.86. The van der Waals surface area contributed by atoms with Gasteiger partial charge in [-0.1, -0.05) is 0 Å². The van der Waals surface area contributed by atoms with Gasteiger partial charge < -0.3 is 4.90 Å². The van der Waals surface area contributed by atoms with E-state index in [1.165, 1.54) is 12.4 Å². The third kappa shape index (κ3) is 3.53. The summed E-state index contributed by atoms with van der Waals surface area (Å²) in [5.74, 6) is 0.262. The Morgan fingerprint density at radius 2 is 2.10 bits per heavy atom. The van der Waals surface area contributed by atoms with Gasteiger partial charge in [0.05, 0.1) is 12.6 Å². The van der Waals surface area contributed by atoms with Gasteiger partial charge in [0.25, 0.3) is 0 Å². The van der Waals surface area contributed by atoms with E-state index in [4.69, 9.17) is 0 Å². The van der Waals surface area contributed by atoms with Crippen LogP contribution in [-0.2, 0) is 11.3 Å². The average molecular weight is 286 g/mol. The molecule has 0 bridgehead atoms. The average Bonchev–Trinajstić information content (AvgIpc) is 2.93. The minimum atomic E-state index is -2.61. The van der Waals surface area contributed by atoms with Crippen LogP contribution in [0.3, 0.4) is 0 Å². The molecule has 1 fully saturated rings. The second-order valence-electron chi connectivity index (χ2n) is 5.02. The van der Waals surface area contributed by atoms with E-state index in [-0.39, 0.29) is 18.3 Å². The summed E-state index contributed by atoms with van der Waals surface area (Å²) in [5, 5.41) is 2.97. The molecule has 1 aromatic rings. The lowest BCUT2D eigenvalue weighted by atomic mass is 10.1. The Kier molecular flexibility index (Phi) is 5.05. The minimum absolute atomic E-state index is 0.0276. The molecule has 1 saturated heterocycles. The van der Waals surface area contributed by atoms with Gasteiger partial charge in [0.2, 0.25) is 5.91 Å². The molecule has 0 aliphatic carbocycles. The highest BCUT2D eigenvalue weighted by Gasteiger charge is 2.22. The smallest absolute Gasteiger partial charge is 0.319 e. The first-order valence-electron chi connectivity index (χ1n) is 6.91. The summed E-state index contributed by atoms with van der Waals surface area (Å²) in [6.45, 7) is 0.875. The van der Waals surface area contributed by atoms with E-state index in [2.05, 4.69) is 10.3 Å². The van der Waals surface area contributed by atoms with Crippen LogP contribution in [0.1, 0.15) is 38.6 Å². The summed E-state index contributed by atoms with van der Waals surface area (Å²) in [7, 11) is 0. The molecular weight excluding hydrogens is 266 g/mol.